The van der Waals surface area contributed by atoms with Crippen molar-refractivity contribution in [2.45, 2.75) is 207 Å². The van der Waals surface area contributed by atoms with Gasteiger partial charge in [0.2, 0.25) is 0 Å². The summed E-state index contributed by atoms with van der Waals surface area (Å²) in [5, 5.41) is 0. The van der Waals surface area contributed by atoms with Gasteiger partial charge in [-0.2, -0.15) is 0 Å². The third kappa shape index (κ3) is 52.1. The Kier molecular flexibility index (Phi) is 50.1. The van der Waals surface area contributed by atoms with Gasteiger partial charge in [0.1, 0.15) is 13.2 Å². The van der Waals surface area contributed by atoms with E-state index in [1.54, 1.807) is 0 Å². The molecule has 0 rings (SSSR count). The lowest BCUT2D eigenvalue weighted by Gasteiger charge is -2.18. The molecular weight excluding hydrogens is 829 g/mol. The molecule has 0 radical (unpaired) electrons. The standard InChI is InChI=1S/C61H94O6/c1-4-7-10-13-16-19-22-25-27-29-31-33-36-39-42-45-48-51-54-60(63)66-57-58(56-65-59(62)53-50-47-44-41-38-35-24-21-18-15-12-9-6-3)67-61(64)55-52-49-46-43-40-37-34-32-30-28-26-23-20-17-14-11-8-5-2/h10-11,13-14,16-17,19-20,22-23,25-35,38,44,47,58H,4-9,12,15,18,21,24,36-37,39-43,45-46,48-57H2,1-3H3/b13-10+,14-11+,19-16+,20-17+,25-22+,26-23+,29-27+,30-28+,33-31+,34-32+,38-35+,47-44+. The molecule has 0 spiro atoms. The van der Waals surface area contributed by atoms with E-state index in [0.717, 1.165) is 103 Å². The fourth-order valence-electron chi connectivity index (χ4n) is 6.55. The first kappa shape index (κ1) is 62.3. The van der Waals surface area contributed by atoms with Crippen LogP contribution < -0.4 is 0 Å². The van der Waals surface area contributed by atoms with Crippen molar-refractivity contribution < 1.29 is 28.6 Å². The van der Waals surface area contributed by atoms with Crippen LogP contribution in [0.15, 0.2) is 146 Å². The quantitative estimate of drug-likeness (QED) is 0.0199. The minimum atomic E-state index is -0.832. The number of unbranched alkanes of at least 4 members (excludes halogenated alkanes) is 18. The molecule has 0 saturated carbocycles. The summed E-state index contributed by atoms with van der Waals surface area (Å²) in [6.45, 7) is 6.33. The predicted octanol–water partition coefficient (Wildman–Crippen LogP) is 17.6. The maximum atomic E-state index is 12.8. The second kappa shape index (κ2) is 53.9. The highest BCUT2D eigenvalue weighted by molar-refractivity contribution is 5.71. The molecule has 67 heavy (non-hydrogen) atoms. The monoisotopic (exact) mass is 923 g/mol. The summed E-state index contributed by atoms with van der Waals surface area (Å²) >= 11 is 0. The van der Waals surface area contributed by atoms with E-state index in [9.17, 15) is 14.4 Å². The Morgan fingerprint density at radius 2 is 0.657 bits per heavy atom. The van der Waals surface area contributed by atoms with Crippen LogP contribution >= 0.6 is 0 Å². The van der Waals surface area contributed by atoms with Crippen LogP contribution in [0.2, 0.25) is 0 Å². The maximum Gasteiger partial charge on any atom is 0.306 e. The van der Waals surface area contributed by atoms with Gasteiger partial charge in [-0.25, -0.2) is 0 Å². The van der Waals surface area contributed by atoms with E-state index < -0.39 is 6.10 Å². The summed E-state index contributed by atoms with van der Waals surface area (Å²) in [7, 11) is 0. The first-order chi connectivity index (χ1) is 33.0. The number of hydrogen-bond donors (Lipinski definition) is 0. The minimum Gasteiger partial charge on any atom is -0.462 e. The van der Waals surface area contributed by atoms with Crippen molar-refractivity contribution in [1.82, 2.24) is 0 Å². The molecular formula is C61H94O6. The number of rotatable bonds is 45. The second-order valence-electron chi connectivity index (χ2n) is 17.0. The van der Waals surface area contributed by atoms with Gasteiger partial charge in [-0.15, -0.1) is 0 Å². The van der Waals surface area contributed by atoms with Gasteiger partial charge in [-0.05, 0) is 77.0 Å². The molecule has 0 heterocycles. The fraction of sp³-hybridized carbons (Fsp3) is 0.557. The van der Waals surface area contributed by atoms with Gasteiger partial charge in [-0.3, -0.25) is 14.4 Å². The maximum absolute atomic E-state index is 12.8. The highest BCUT2D eigenvalue weighted by Crippen LogP contribution is 2.12. The summed E-state index contributed by atoms with van der Waals surface area (Å²) in [5.74, 6) is -1.05. The number of allylic oxidation sites excluding steroid dienone is 24. The van der Waals surface area contributed by atoms with E-state index in [1.807, 2.05) is 79.0 Å². The zero-order valence-electron chi connectivity index (χ0n) is 42.6. The Labute approximate surface area is 410 Å². The summed E-state index contributed by atoms with van der Waals surface area (Å²) in [6.07, 6.45) is 76.8. The molecule has 0 N–H and O–H groups in total. The first-order valence-electron chi connectivity index (χ1n) is 26.5. The van der Waals surface area contributed by atoms with Crippen molar-refractivity contribution in [3.63, 3.8) is 0 Å². The molecule has 0 fully saturated rings. The van der Waals surface area contributed by atoms with Crippen molar-refractivity contribution in [2.75, 3.05) is 13.2 Å². The molecule has 0 aromatic rings. The normalized spacial score (nSPS) is 13.3. The molecule has 0 aliphatic heterocycles. The number of hydrogen-bond acceptors (Lipinski definition) is 6. The van der Waals surface area contributed by atoms with Crippen LogP contribution in [0.4, 0.5) is 0 Å². The van der Waals surface area contributed by atoms with Gasteiger partial charge in [0.25, 0.3) is 0 Å². The highest BCUT2D eigenvalue weighted by atomic mass is 16.6. The molecule has 1 atom stereocenters. The van der Waals surface area contributed by atoms with E-state index in [1.165, 1.54) is 51.4 Å². The van der Waals surface area contributed by atoms with Gasteiger partial charge >= 0.3 is 17.9 Å². The average molecular weight is 923 g/mol. The van der Waals surface area contributed by atoms with E-state index in [-0.39, 0.29) is 44.0 Å². The lowest BCUT2D eigenvalue weighted by molar-refractivity contribution is -0.166. The van der Waals surface area contributed by atoms with Crippen LogP contribution in [0.3, 0.4) is 0 Å². The SMILES string of the molecule is CCC/C=C/C=C/C=C/C=C/C=C/CCCCCCCC(=O)OCC(COC(=O)CC/C=C/C/C=C/CCCCCCCC)OC(=O)CCCCCCC/C=C/C=C/C=C/C=C/C=C/CCC. The second-order valence-corrected chi connectivity index (χ2v) is 17.0. The van der Waals surface area contributed by atoms with Gasteiger partial charge < -0.3 is 14.2 Å². The Morgan fingerprint density at radius 1 is 0.313 bits per heavy atom. The molecule has 1 unspecified atom stereocenters. The molecule has 0 aliphatic carbocycles. The molecule has 0 aromatic heterocycles. The Morgan fingerprint density at radius 3 is 1.10 bits per heavy atom. The molecule has 6 nitrogen and oxygen atoms in total. The lowest BCUT2D eigenvalue weighted by Crippen LogP contribution is -2.30. The fourth-order valence-corrected chi connectivity index (χ4v) is 6.55. The smallest absolute Gasteiger partial charge is 0.306 e. The van der Waals surface area contributed by atoms with Crippen LogP contribution in [0.25, 0.3) is 0 Å². The molecule has 0 bridgehead atoms. The van der Waals surface area contributed by atoms with Crippen LogP contribution in [0.5, 0.6) is 0 Å². The summed E-state index contributed by atoms with van der Waals surface area (Å²) in [5.41, 5.74) is 0. The van der Waals surface area contributed by atoms with E-state index >= 15 is 0 Å². The first-order valence-corrected chi connectivity index (χ1v) is 26.5. The largest absolute Gasteiger partial charge is 0.462 e. The molecule has 6 heteroatoms. The van der Waals surface area contributed by atoms with Crippen molar-refractivity contribution in [1.29, 1.82) is 0 Å². The third-order valence-corrected chi connectivity index (χ3v) is 10.5. The van der Waals surface area contributed by atoms with Gasteiger partial charge in [0.05, 0.1) is 0 Å². The van der Waals surface area contributed by atoms with Crippen LogP contribution in [0, 0.1) is 0 Å². The zero-order valence-corrected chi connectivity index (χ0v) is 42.6. The van der Waals surface area contributed by atoms with E-state index in [0.29, 0.717) is 12.8 Å². The van der Waals surface area contributed by atoms with Crippen molar-refractivity contribution in [2.24, 2.45) is 0 Å². The predicted molar refractivity (Wildman–Crippen MR) is 288 cm³/mol. The number of carbonyl (C=O) groups excluding carboxylic acids is 3. The van der Waals surface area contributed by atoms with E-state index in [2.05, 4.69) is 87.6 Å². The summed E-state index contributed by atoms with van der Waals surface area (Å²) in [6, 6.07) is 0. The Hall–Kier alpha value is -4.71. The molecule has 0 amide bonds. The topological polar surface area (TPSA) is 78.9 Å². The van der Waals surface area contributed by atoms with Crippen LogP contribution in [-0.4, -0.2) is 37.2 Å². The summed E-state index contributed by atoms with van der Waals surface area (Å²) in [4.78, 5) is 38.0. The number of esters is 3. The molecule has 374 valence electrons. The third-order valence-electron chi connectivity index (χ3n) is 10.5. The Balaban J connectivity index is 4.59. The van der Waals surface area contributed by atoms with Gasteiger partial charge in [-0.1, -0.05) is 250 Å². The van der Waals surface area contributed by atoms with Crippen LogP contribution in [-0.2, 0) is 28.6 Å². The highest BCUT2D eigenvalue weighted by Gasteiger charge is 2.19. The minimum absolute atomic E-state index is 0.126. The van der Waals surface area contributed by atoms with Crippen molar-refractivity contribution in [3.05, 3.63) is 146 Å². The molecule has 0 aromatic carbocycles. The van der Waals surface area contributed by atoms with Crippen LogP contribution in [0.1, 0.15) is 201 Å². The average Bonchev–Trinajstić information content (AvgIpc) is 3.33. The van der Waals surface area contributed by atoms with Gasteiger partial charge in [0.15, 0.2) is 6.10 Å². The lowest BCUT2D eigenvalue weighted by atomic mass is 10.1. The molecule has 0 saturated heterocycles. The number of carbonyl (C=O) groups is 3. The van der Waals surface area contributed by atoms with Gasteiger partial charge in [0, 0.05) is 19.3 Å². The van der Waals surface area contributed by atoms with E-state index in [4.69, 9.17) is 14.2 Å². The zero-order chi connectivity index (χ0) is 48.6. The van der Waals surface area contributed by atoms with Crippen molar-refractivity contribution >= 4 is 17.9 Å². The summed E-state index contributed by atoms with van der Waals surface area (Å²) < 4.78 is 16.7. The molecule has 0 aliphatic rings. The Bertz CT molecular complexity index is 1530. The van der Waals surface area contributed by atoms with Crippen molar-refractivity contribution in [3.8, 4) is 0 Å². The number of ether oxygens (including phenoxy) is 3.